The summed E-state index contributed by atoms with van der Waals surface area (Å²) in [6.45, 7) is 3.04. The van der Waals surface area contributed by atoms with E-state index in [-0.39, 0.29) is 5.57 Å². The highest BCUT2D eigenvalue weighted by atomic mass is 16.7. The lowest BCUT2D eigenvalue weighted by Crippen LogP contribution is -2.42. The van der Waals surface area contributed by atoms with Gasteiger partial charge in [0.05, 0.1) is 0 Å². The van der Waals surface area contributed by atoms with Gasteiger partial charge in [-0.15, -0.1) is 0 Å². The van der Waals surface area contributed by atoms with Crippen LogP contribution in [0.25, 0.3) is 0 Å². The first-order chi connectivity index (χ1) is 11.5. The van der Waals surface area contributed by atoms with Crippen LogP contribution in [0.4, 0.5) is 11.4 Å². The Morgan fingerprint density at radius 2 is 1.21 bits per heavy atom. The summed E-state index contributed by atoms with van der Waals surface area (Å²) in [5.74, 6) is -2.66. The van der Waals surface area contributed by atoms with E-state index in [0.717, 1.165) is 11.4 Å². The average Bonchev–Trinajstić information content (AvgIpc) is 2.55. The molecule has 1 aliphatic rings. The topological polar surface area (TPSA) is 55.8 Å². The van der Waals surface area contributed by atoms with Crippen molar-refractivity contribution in [3.8, 4) is 0 Å². The summed E-state index contributed by atoms with van der Waals surface area (Å²) < 4.78 is 10.3. The first kappa shape index (κ1) is 15.8. The molecule has 0 N–H and O–H groups in total. The SMILES string of the molecule is CC1(C)OC(=O)C(=CN(c2ccccc2)c2ccccc2)C(=O)O1. The minimum Gasteiger partial charge on any atom is -0.419 e. The number of rotatable bonds is 3. The van der Waals surface area contributed by atoms with Gasteiger partial charge in [0.25, 0.3) is 5.79 Å². The van der Waals surface area contributed by atoms with Crippen molar-refractivity contribution in [1.82, 2.24) is 0 Å². The Hall–Kier alpha value is -3.08. The van der Waals surface area contributed by atoms with Gasteiger partial charge in [-0.2, -0.15) is 0 Å². The lowest BCUT2D eigenvalue weighted by molar-refractivity contribution is -0.222. The van der Waals surface area contributed by atoms with Crippen LogP contribution in [0.3, 0.4) is 0 Å². The second-order valence-corrected chi connectivity index (χ2v) is 5.76. The van der Waals surface area contributed by atoms with E-state index in [1.54, 1.807) is 4.90 Å². The average molecular weight is 323 g/mol. The summed E-state index contributed by atoms with van der Waals surface area (Å²) in [6, 6.07) is 18.8. The van der Waals surface area contributed by atoms with Gasteiger partial charge < -0.3 is 14.4 Å². The second-order valence-electron chi connectivity index (χ2n) is 5.76. The van der Waals surface area contributed by atoms with Crippen LogP contribution < -0.4 is 4.90 Å². The largest absolute Gasteiger partial charge is 0.419 e. The zero-order valence-electron chi connectivity index (χ0n) is 13.4. The molecule has 0 aromatic heterocycles. The first-order valence-electron chi connectivity index (χ1n) is 7.54. The van der Waals surface area contributed by atoms with Crippen molar-refractivity contribution in [1.29, 1.82) is 0 Å². The van der Waals surface area contributed by atoms with Gasteiger partial charge in [0.1, 0.15) is 0 Å². The number of cyclic esters (lactones) is 2. The lowest BCUT2D eigenvalue weighted by atomic mass is 10.2. The number of carbonyl (C=O) groups excluding carboxylic acids is 2. The number of para-hydroxylation sites is 2. The summed E-state index contributed by atoms with van der Waals surface area (Å²) in [4.78, 5) is 26.1. The summed E-state index contributed by atoms with van der Waals surface area (Å²) >= 11 is 0. The number of carbonyl (C=O) groups is 2. The van der Waals surface area contributed by atoms with Crippen molar-refractivity contribution in [2.45, 2.75) is 19.6 Å². The van der Waals surface area contributed by atoms with Gasteiger partial charge in [0.15, 0.2) is 5.57 Å². The third-order valence-electron chi connectivity index (χ3n) is 3.44. The van der Waals surface area contributed by atoms with Crippen LogP contribution in [0.1, 0.15) is 13.8 Å². The summed E-state index contributed by atoms with van der Waals surface area (Å²) in [7, 11) is 0. The monoisotopic (exact) mass is 323 g/mol. The molecule has 0 saturated carbocycles. The molecular formula is C19H17NO4. The normalized spacial score (nSPS) is 16.2. The predicted octanol–water partition coefficient (Wildman–Crippen LogP) is 3.54. The van der Waals surface area contributed by atoms with Crippen molar-refractivity contribution < 1.29 is 19.1 Å². The molecular weight excluding hydrogens is 306 g/mol. The molecule has 2 aromatic rings. The highest BCUT2D eigenvalue weighted by molar-refractivity contribution is 6.15. The summed E-state index contributed by atoms with van der Waals surface area (Å²) in [5, 5.41) is 0. The maximum absolute atomic E-state index is 12.2. The zero-order chi connectivity index (χ0) is 17.2. The maximum atomic E-state index is 12.2. The van der Waals surface area contributed by atoms with Crippen molar-refractivity contribution in [3.63, 3.8) is 0 Å². The van der Waals surface area contributed by atoms with E-state index >= 15 is 0 Å². The van der Waals surface area contributed by atoms with Gasteiger partial charge >= 0.3 is 11.9 Å². The Balaban J connectivity index is 2.04. The van der Waals surface area contributed by atoms with Crippen LogP contribution in [0.2, 0.25) is 0 Å². The van der Waals surface area contributed by atoms with Gasteiger partial charge in [-0.1, -0.05) is 36.4 Å². The van der Waals surface area contributed by atoms with E-state index < -0.39 is 17.7 Å². The zero-order valence-corrected chi connectivity index (χ0v) is 13.4. The number of ether oxygens (including phenoxy) is 2. The second kappa shape index (κ2) is 6.20. The lowest BCUT2D eigenvalue weighted by Gasteiger charge is -2.31. The van der Waals surface area contributed by atoms with Gasteiger partial charge in [-0.05, 0) is 24.3 Å². The number of esters is 2. The molecule has 1 fully saturated rings. The first-order valence-corrected chi connectivity index (χ1v) is 7.54. The molecule has 24 heavy (non-hydrogen) atoms. The van der Waals surface area contributed by atoms with E-state index in [1.165, 1.54) is 20.0 Å². The van der Waals surface area contributed by atoms with E-state index in [0.29, 0.717) is 0 Å². The Bertz CT molecular complexity index is 720. The molecule has 5 heteroatoms. The number of hydrogen-bond acceptors (Lipinski definition) is 5. The van der Waals surface area contributed by atoms with E-state index in [2.05, 4.69) is 0 Å². The number of hydrogen-bond donors (Lipinski definition) is 0. The molecule has 1 heterocycles. The molecule has 122 valence electrons. The third-order valence-corrected chi connectivity index (χ3v) is 3.44. The van der Waals surface area contributed by atoms with Crippen LogP contribution in [-0.2, 0) is 19.1 Å². The van der Waals surface area contributed by atoms with Crippen LogP contribution in [0, 0.1) is 0 Å². The Kier molecular flexibility index (Phi) is 4.08. The Labute approximate surface area is 140 Å². The molecule has 0 atom stereocenters. The van der Waals surface area contributed by atoms with Crippen molar-refractivity contribution in [2.75, 3.05) is 4.90 Å². The molecule has 0 aliphatic carbocycles. The fraction of sp³-hybridized carbons (Fsp3) is 0.158. The molecule has 0 amide bonds. The van der Waals surface area contributed by atoms with Crippen LogP contribution >= 0.6 is 0 Å². The van der Waals surface area contributed by atoms with Crippen molar-refractivity contribution >= 4 is 23.3 Å². The molecule has 2 aromatic carbocycles. The molecule has 5 nitrogen and oxygen atoms in total. The smallest absolute Gasteiger partial charge is 0.350 e. The molecule has 1 aliphatic heterocycles. The molecule has 0 bridgehead atoms. The molecule has 3 rings (SSSR count). The molecule has 0 unspecified atom stereocenters. The number of nitrogens with zero attached hydrogens (tertiary/aromatic N) is 1. The van der Waals surface area contributed by atoms with Crippen LogP contribution in [0.15, 0.2) is 72.4 Å². The summed E-state index contributed by atoms with van der Waals surface area (Å²) in [6.07, 6.45) is 1.45. The number of anilines is 2. The standard InChI is InChI=1S/C19H17NO4/c1-19(2)23-17(21)16(18(22)24-19)13-20(14-9-5-3-6-10-14)15-11-7-4-8-12-15/h3-13H,1-2H3. The van der Waals surface area contributed by atoms with E-state index in [1.807, 2.05) is 60.7 Å². The van der Waals surface area contributed by atoms with Crippen LogP contribution in [-0.4, -0.2) is 17.7 Å². The van der Waals surface area contributed by atoms with Gasteiger partial charge in [-0.25, -0.2) is 9.59 Å². The third kappa shape index (κ3) is 3.30. The maximum Gasteiger partial charge on any atom is 0.350 e. The highest BCUT2D eigenvalue weighted by Gasteiger charge is 2.39. The highest BCUT2D eigenvalue weighted by Crippen LogP contribution is 2.29. The fourth-order valence-electron chi connectivity index (χ4n) is 2.37. The summed E-state index contributed by atoms with van der Waals surface area (Å²) in [5.41, 5.74) is 1.46. The van der Waals surface area contributed by atoms with Crippen LogP contribution in [0.5, 0.6) is 0 Å². The molecule has 0 radical (unpaired) electrons. The molecule has 1 saturated heterocycles. The van der Waals surface area contributed by atoms with Crippen molar-refractivity contribution in [2.24, 2.45) is 0 Å². The minimum absolute atomic E-state index is 0.151. The van der Waals surface area contributed by atoms with Crippen molar-refractivity contribution in [3.05, 3.63) is 72.4 Å². The van der Waals surface area contributed by atoms with Gasteiger partial charge in [-0.3, -0.25) is 0 Å². The Morgan fingerprint density at radius 3 is 1.62 bits per heavy atom. The minimum atomic E-state index is -1.25. The van der Waals surface area contributed by atoms with E-state index in [9.17, 15) is 9.59 Å². The van der Waals surface area contributed by atoms with Gasteiger partial charge in [0.2, 0.25) is 0 Å². The Morgan fingerprint density at radius 1 is 0.792 bits per heavy atom. The van der Waals surface area contributed by atoms with E-state index in [4.69, 9.17) is 9.47 Å². The fourth-order valence-corrected chi connectivity index (χ4v) is 2.37. The quantitative estimate of drug-likeness (QED) is 0.491. The van der Waals surface area contributed by atoms with Gasteiger partial charge in [0, 0.05) is 31.4 Å². The predicted molar refractivity (Wildman–Crippen MR) is 89.4 cm³/mol. The number of benzene rings is 2. The molecule has 0 spiro atoms.